The zero-order chi connectivity index (χ0) is 13.4. The monoisotopic (exact) mass is 271 g/mol. The van der Waals surface area contributed by atoms with E-state index in [2.05, 4.69) is 10.1 Å². The Morgan fingerprint density at radius 3 is 2.35 bits per heavy atom. The molecule has 0 fully saturated rings. The van der Waals surface area contributed by atoms with E-state index in [1.807, 2.05) is 0 Å². The fourth-order valence-electron chi connectivity index (χ4n) is 0.984. The molecule has 0 atom stereocenters. The summed E-state index contributed by atoms with van der Waals surface area (Å²) in [5.41, 5.74) is -1.32. The maximum atomic E-state index is 13.0. The number of halogens is 3. The summed E-state index contributed by atoms with van der Waals surface area (Å²) in [6.07, 6.45) is -3.39. The highest BCUT2D eigenvalue weighted by atomic mass is 32.2. The van der Waals surface area contributed by atoms with E-state index in [-0.39, 0.29) is 6.07 Å². The third-order valence-electron chi connectivity index (χ3n) is 1.67. The van der Waals surface area contributed by atoms with Crippen LogP contribution in [0.15, 0.2) is 11.0 Å². The second-order valence-corrected chi connectivity index (χ2v) is 4.32. The summed E-state index contributed by atoms with van der Waals surface area (Å²) in [6.45, 7) is 0. The van der Waals surface area contributed by atoms with Crippen LogP contribution in [0.2, 0.25) is 0 Å². The molecular weight excluding hydrogens is 267 g/mol. The van der Waals surface area contributed by atoms with Gasteiger partial charge in [0.1, 0.15) is 5.56 Å². The Hall–Kier alpha value is -1.75. The molecule has 94 valence electrons. The van der Waals surface area contributed by atoms with Gasteiger partial charge in [0.05, 0.1) is 0 Å². The van der Waals surface area contributed by atoms with Crippen molar-refractivity contribution < 1.29 is 26.5 Å². The smallest absolute Gasteiger partial charge is 0.358 e. The number of nitrogens with two attached hydrogens (primary N) is 1. The van der Waals surface area contributed by atoms with Crippen molar-refractivity contribution in [1.29, 1.82) is 0 Å². The summed E-state index contributed by atoms with van der Waals surface area (Å²) in [5, 5.41) is 14.8. The number of aromatic nitrogens is 1. The van der Waals surface area contributed by atoms with Crippen LogP contribution in [0.5, 0.6) is 0 Å². The molecule has 17 heavy (non-hydrogen) atoms. The minimum absolute atomic E-state index is 0.0977. The van der Waals surface area contributed by atoms with Crippen molar-refractivity contribution in [3.63, 3.8) is 0 Å². The molecule has 0 aliphatic rings. The van der Waals surface area contributed by atoms with Crippen molar-refractivity contribution in [2.24, 2.45) is 5.14 Å². The predicted molar refractivity (Wildman–Crippen MR) is 47.2 cm³/mol. The third kappa shape index (κ3) is 2.68. The summed E-state index contributed by atoms with van der Waals surface area (Å²) in [5.74, 6) is -3.26. The highest BCUT2D eigenvalue weighted by Crippen LogP contribution is 2.29. The van der Waals surface area contributed by atoms with Gasteiger partial charge in [0.15, 0.2) is 4.90 Å². The fraction of sp³-hybridized carbons (Fsp3) is 0.167. The summed E-state index contributed by atoms with van der Waals surface area (Å²) < 4.78 is 59.4. The van der Waals surface area contributed by atoms with Crippen LogP contribution < -0.4 is 5.14 Å². The number of primary sulfonamides is 1. The lowest BCUT2D eigenvalue weighted by Gasteiger charge is -2.03. The van der Waals surface area contributed by atoms with E-state index in [1.54, 1.807) is 0 Å². The first-order valence-corrected chi connectivity index (χ1v) is 5.35. The lowest BCUT2D eigenvalue weighted by atomic mass is 10.2. The van der Waals surface area contributed by atoms with E-state index in [4.69, 9.17) is 0 Å². The summed E-state index contributed by atoms with van der Waals surface area (Å²) in [7, 11) is -4.63. The van der Waals surface area contributed by atoms with E-state index in [1.165, 1.54) is 0 Å². The molecule has 0 spiro atoms. The average molecular weight is 271 g/mol. The molecule has 0 bridgehead atoms. The Morgan fingerprint density at radius 1 is 1.47 bits per heavy atom. The van der Waals surface area contributed by atoms with E-state index < -0.39 is 43.6 Å². The zero-order valence-electron chi connectivity index (χ0n) is 7.80. The molecule has 1 rings (SSSR count). The second-order valence-electron chi connectivity index (χ2n) is 2.79. The van der Waals surface area contributed by atoms with E-state index in [0.29, 0.717) is 0 Å². The van der Waals surface area contributed by atoms with Crippen molar-refractivity contribution >= 4 is 15.8 Å². The lowest BCUT2D eigenvalue weighted by Crippen LogP contribution is -2.16. The van der Waals surface area contributed by atoms with Gasteiger partial charge in [0, 0.05) is 0 Å². The first-order valence-electron chi connectivity index (χ1n) is 3.80. The number of hydrogen-bond acceptors (Lipinski definition) is 5. The third-order valence-corrected chi connectivity index (χ3v) is 2.57. The van der Waals surface area contributed by atoms with Gasteiger partial charge < -0.3 is 10.1 Å². The Kier molecular flexibility index (Phi) is 3.33. The van der Waals surface area contributed by atoms with Crippen LogP contribution in [-0.2, 0) is 10.0 Å². The largest absolute Gasteiger partial charge is 0.375 e. The quantitative estimate of drug-likeness (QED) is 0.493. The zero-order valence-corrected chi connectivity index (χ0v) is 8.62. The molecule has 1 aromatic heterocycles. The summed E-state index contributed by atoms with van der Waals surface area (Å²) in [4.78, 5) is 10.2. The van der Waals surface area contributed by atoms with Crippen LogP contribution in [-0.4, -0.2) is 18.3 Å². The van der Waals surface area contributed by atoms with E-state index >= 15 is 0 Å². The van der Waals surface area contributed by atoms with Crippen LogP contribution in [0, 0.1) is 16.1 Å². The predicted octanol–water partition coefficient (Wildman–Crippen LogP) is 0.714. The Bertz CT molecular complexity index is 574. The summed E-state index contributed by atoms with van der Waals surface area (Å²) >= 11 is 0. The van der Waals surface area contributed by atoms with Gasteiger partial charge in [-0.25, -0.2) is 22.3 Å². The highest BCUT2D eigenvalue weighted by Gasteiger charge is 2.31. The van der Waals surface area contributed by atoms with Gasteiger partial charge in [0.2, 0.25) is 10.0 Å². The molecule has 0 radical (unpaired) electrons. The molecule has 0 saturated carbocycles. The van der Waals surface area contributed by atoms with Gasteiger partial charge in [-0.3, -0.25) is 0 Å². The summed E-state index contributed by atoms with van der Waals surface area (Å²) in [6, 6.07) is 0.0977. The van der Waals surface area contributed by atoms with Crippen molar-refractivity contribution in [2.75, 3.05) is 0 Å². The maximum absolute atomic E-state index is 13.0. The van der Waals surface area contributed by atoms with Crippen molar-refractivity contribution in [1.82, 2.24) is 4.98 Å². The highest BCUT2D eigenvalue weighted by molar-refractivity contribution is 7.89. The number of rotatable bonds is 3. The molecule has 0 saturated heterocycles. The normalized spacial score (nSPS) is 11.8. The molecule has 1 aromatic rings. The van der Waals surface area contributed by atoms with Gasteiger partial charge in [-0.1, -0.05) is 0 Å². The van der Waals surface area contributed by atoms with Crippen molar-refractivity contribution in [2.45, 2.75) is 11.3 Å². The average Bonchev–Trinajstić information content (AvgIpc) is 2.14. The van der Waals surface area contributed by atoms with E-state index in [9.17, 15) is 31.7 Å². The molecule has 0 aromatic carbocycles. The Labute approximate surface area is 92.3 Å². The van der Waals surface area contributed by atoms with Gasteiger partial charge in [0.25, 0.3) is 6.43 Å². The molecule has 0 aliphatic heterocycles. The SMILES string of the molecule is NS(=O)(=O)c1cc(C(F)F)c([N+](=O)[O-])nc1F. The number of hydrogen-bond donors (Lipinski definition) is 1. The Balaban J connectivity index is 3.63. The molecule has 1 heterocycles. The van der Waals surface area contributed by atoms with Crippen LogP contribution in [0.1, 0.15) is 12.0 Å². The number of alkyl halides is 2. The molecule has 0 amide bonds. The van der Waals surface area contributed by atoms with Crippen LogP contribution >= 0.6 is 0 Å². The molecule has 0 aliphatic carbocycles. The van der Waals surface area contributed by atoms with Gasteiger partial charge >= 0.3 is 11.8 Å². The number of nitro groups is 1. The molecule has 7 nitrogen and oxygen atoms in total. The van der Waals surface area contributed by atoms with Gasteiger partial charge in [-0.15, -0.1) is 0 Å². The first-order chi connectivity index (χ1) is 7.64. The van der Waals surface area contributed by atoms with Gasteiger partial charge in [-0.2, -0.15) is 4.39 Å². The van der Waals surface area contributed by atoms with E-state index in [0.717, 1.165) is 0 Å². The minimum Gasteiger partial charge on any atom is -0.358 e. The van der Waals surface area contributed by atoms with Crippen LogP contribution in [0.25, 0.3) is 0 Å². The molecule has 0 unspecified atom stereocenters. The second kappa shape index (κ2) is 4.25. The standard InChI is InChI=1S/C6H4F3N3O4S/c7-4(8)2-1-3(17(10,15)16)5(9)11-6(2)12(13)14/h1,4H,(H2,10,15,16). The molecule has 11 heteroatoms. The van der Waals surface area contributed by atoms with Crippen LogP contribution in [0.3, 0.4) is 0 Å². The van der Waals surface area contributed by atoms with Gasteiger partial charge in [-0.05, 0) is 16.0 Å². The lowest BCUT2D eigenvalue weighted by molar-refractivity contribution is -0.391. The fourth-order valence-corrected chi connectivity index (χ4v) is 1.56. The topological polar surface area (TPSA) is 116 Å². The maximum Gasteiger partial charge on any atom is 0.375 e. The number of sulfonamides is 1. The van der Waals surface area contributed by atoms with Crippen molar-refractivity contribution in [3.8, 4) is 0 Å². The number of nitrogens with zero attached hydrogens (tertiary/aromatic N) is 2. The number of pyridine rings is 1. The first kappa shape index (κ1) is 13.3. The van der Waals surface area contributed by atoms with Crippen molar-refractivity contribution in [3.05, 3.63) is 27.7 Å². The molecule has 2 N–H and O–H groups in total. The minimum atomic E-state index is -4.63. The molecular formula is C6H4F3N3O4S. The van der Waals surface area contributed by atoms with Crippen LogP contribution in [0.4, 0.5) is 19.0 Å². The Morgan fingerprint density at radius 2 is 2.00 bits per heavy atom.